The number of ether oxygens (including phenoxy) is 5. The van der Waals surface area contributed by atoms with Crippen molar-refractivity contribution in [3.8, 4) is 5.75 Å². The molecule has 248 valence electrons. The number of nitrogens with one attached hydrogen (secondary N) is 2. The Balaban J connectivity index is 1.55. The second-order valence-corrected chi connectivity index (χ2v) is 10.7. The van der Waals surface area contributed by atoms with E-state index in [1.54, 1.807) is 0 Å². The summed E-state index contributed by atoms with van der Waals surface area (Å²) >= 11 is 0. The van der Waals surface area contributed by atoms with Gasteiger partial charge in [0.05, 0.1) is 56.5 Å². The Morgan fingerprint density at radius 2 is 1.36 bits per heavy atom. The van der Waals surface area contributed by atoms with Gasteiger partial charge in [-0.25, -0.2) is 27.9 Å². The van der Waals surface area contributed by atoms with E-state index in [1.165, 1.54) is 24.3 Å². The first kappa shape index (κ1) is 37.0. The normalized spacial score (nSPS) is 11.1. The van der Waals surface area contributed by atoms with Gasteiger partial charge in [0, 0.05) is 32.0 Å². The van der Waals surface area contributed by atoms with E-state index >= 15 is 0 Å². The highest BCUT2D eigenvalue weighted by atomic mass is 32.2. The van der Waals surface area contributed by atoms with Crippen molar-refractivity contribution in [1.82, 2.24) is 15.3 Å². The van der Waals surface area contributed by atoms with E-state index in [0.29, 0.717) is 18.8 Å². The van der Waals surface area contributed by atoms with Gasteiger partial charge in [-0.15, -0.1) is 0 Å². The van der Waals surface area contributed by atoms with E-state index in [4.69, 9.17) is 33.9 Å². The molecule has 0 saturated heterocycles. The first-order valence-corrected chi connectivity index (χ1v) is 15.2. The molecule has 0 aliphatic rings. The smallest absolute Gasteiger partial charge is 0.329 e. The van der Waals surface area contributed by atoms with E-state index in [2.05, 4.69) is 20.0 Å². The fraction of sp³-hybridized carbons (Fsp3) is 0.481. The van der Waals surface area contributed by atoms with Gasteiger partial charge >= 0.3 is 11.9 Å². The highest BCUT2D eigenvalue weighted by Gasteiger charge is 2.16. The predicted octanol–water partition coefficient (Wildman–Crippen LogP) is 0.361. The molecule has 0 saturated carbocycles. The van der Waals surface area contributed by atoms with Crippen molar-refractivity contribution in [2.45, 2.75) is 24.2 Å². The molecule has 1 aromatic carbocycles. The summed E-state index contributed by atoms with van der Waals surface area (Å²) in [5.74, 6) is -2.59. The lowest BCUT2D eigenvalue weighted by Gasteiger charge is -2.09. The molecule has 0 spiro atoms. The number of sulfonamides is 1. The van der Waals surface area contributed by atoms with Gasteiger partial charge in [0.15, 0.2) is 5.78 Å². The third kappa shape index (κ3) is 16.4. The minimum atomic E-state index is -4.03. The molecule has 2 aromatic rings. The van der Waals surface area contributed by atoms with Crippen LogP contribution in [0.1, 0.15) is 29.6 Å². The Kier molecular flexibility index (Phi) is 17.0. The monoisotopic (exact) mass is 656 g/mol. The molecular weight excluding hydrogens is 620 g/mol. The number of benzene rings is 1. The van der Waals surface area contributed by atoms with Crippen molar-refractivity contribution in [2.75, 3.05) is 70.7 Å². The number of amides is 1. The quantitative estimate of drug-likeness (QED) is 0.106. The molecule has 0 atom stereocenters. The van der Waals surface area contributed by atoms with Gasteiger partial charge in [-0.2, -0.15) is 0 Å². The highest BCUT2D eigenvalue weighted by Crippen LogP contribution is 2.18. The number of nitrogens with zero attached hydrogens (tertiary/aromatic N) is 2. The SMILES string of the molecule is O=C(O)CCOc1ccc(S(=O)(=O)Nc2ncc(C(=O)NCCOCCOCC(=O)CCCOCCOCC(=O)O)cn2)cc1. The van der Waals surface area contributed by atoms with Crippen LogP contribution in [0, 0.1) is 0 Å². The van der Waals surface area contributed by atoms with Crippen LogP contribution in [0.4, 0.5) is 5.95 Å². The molecule has 18 heteroatoms. The van der Waals surface area contributed by atoms with Crippen LogP contribution in [0.3, 0.4) is 0 Å². The van der Waals surface area contributed by atoms with Crippen molar-refractivity contribution < 1.29 is 61.5 Å². The maximum absolute atomic E-state index is 12.6. The zero-order valence-electron chi connectivity index (χ0n) is 24.3. The molecule has 0 aliphatic carbocycles. The Hall–Kier alpha value is -4.23. The molecular formula is C27H36N4O13S. The number of hydrogen-bond donors (Lipinski definition) is 4. The minimum absolute atomic E-state index is 0.0583. The van der Waals surface area contributed by atoms with Crippen LogP contribution in [0.15, 0.2) is 41.6 Å². The van der Waals surface area contributed by atoms with Gasteiger partial charge in [-0.1, -0.05) is 0 Å². The predicted molar refractivity (Wildman–Crippen MR) is 155 cm³/mol. The summed E-state index contributed by atoms with van der Waals surface area (Å²) in [7, 11) is -4.03. The van der Waals surface area contributed by atoms with Crippen LogP contribution in [-0.2, 0) is 43.4 Å². The van der Waals surface area contributed by atoms with Crippen LogP contribution in [0.5, 0.6) is 5.75 Å². The Morgan fingerprint density at radius 1 is 0.733 bits per heavy atom. The molecule has 45 heavy (non-hydrogen) atoms. The zero-order valence-corrected chi connectivity index (χ0v) is 25.2. The van der Waals surface area contributed by atoms with E-state index < -0.39 is 27.9 Å². The topological polar surface area (TPSA) is 239 Å². The van der Waals surface area contributed by atoms with Gasteiger partial charge < -0.3 is 39.2 Å². The van der Waals surface area contributed by atoms with Crippen molar-refractivity contribution in [2.24, 2.45) is 0 Å². The average molecular weight is 657 g/mol. The molecule has 0 radical (unpaired) electrons. The molecule has 1 aromatic heterocycles. The molecule has 1 heterocycles. The highest BCUT2D eigenvalue weighted by molar-refractivity contribution is 7.92. The van der Waals surface area contributed by atoms with Crippen LogP contribution < -0.4 is 14.8 Å². The van der Waals surface area contributed by atoms with Crippen LogP contribution in [-0.4, -0.2) is 118 Å². The van der Waals surface area contributed by atoms with Gasteiger partial charge in [-0.05, 0) is 30.7 Å². The number of rotatable bonds is 25. The number of aliphatic carboxylic acids is 2. The number of carbonyl (C=O) groups excluding carboxylic acids is 2. The molecule has 0 unspecified atom stereocenters. The average Bonchev–Trinajstić information content (AvgIpc) is 2.99. The van der Waals surface area contributed by atoms with E-state index in [0.717, 1.165) is 12.4 Å². The number of carbonyl (C=O) groups is 4. The van der Waals surface area contributed by atoms with Crippen molar-refractivity contribution in [3.05, 3.63) is 42.2 Å². The van der Waals surface area contributed by atoms with Gasteiger partial charge in [0.2, 0.25) is 5.95 Å². The van der Waals surface area contributed by atoms with Crippen LogP contribution >= 0.6 is 0 Å². The third-order valence-corrected chi connectivity index (χ3v) is 6.71. The largest absolute Gasteiger partial charge is 0.493 e. The third-order valence-electron chi connectivity index (χ3n) is 5.37. The lowest BCUT2D eigenvalue weighted by Crippen LogP contribution is -2.28. The number of hydrogen-bond acceptors (Lipinski definition) is 13. The Bertz CT molecular complexity index is 1320. The molecule has 0 bridgehead atoms. The summed E-state index contributed by atoms with van der Waals surface area (Å²) in [4.78, 5) is 52.6. The van der Waals surface area contributed by atoms with E-state index in [9.17, 15) is 27.6 Å². The fourth-order valence-corrected chi connectivity index (χ4v) is 4.17. The van der Waals surface area contributed by atoms with Gasteiger partial charge in [-0.3, -0.25) is 14.4 Å². The maximum Gasteiger partial charge on any atom is 0.329 e. The standard InChI is InChI=1S/C27H36N4O13S/c32-21(2-1-9-40-12-15-43-19-25(35)36)18-42-14-13-41-11-8-28-26(37)20-16-29-27(30-17-20)31-45(38,39)23-5-3-22(4-6-23)44-10-7-24(33)34/h3-6,16-17H,1-2,7-15,18-19H2,(H,28,37)(H,33,34)(H,35,36)(H,29,30,31). The van der Waals surface area contributed by atoms with Crippen molar-refractivity contribution in [1.29, 1.82) is 0 Å². The summed E-state index contributed by atoms with van der Waals surface area (Å²) in [6.07, 6.45) is 2.91. The second kappa shape index (κ2) is 20.7. The number of ketones is 1. The summed E-state index contributed by atoms with van der Waals surface area (Å²) in [6.45, 7) is 0.999. The summed E-state index contributed by atoms with van der Waals surface area (Å²) in [5, 5.41) is 19.7. The Morgan fingerprint density at radius 3 is 2.00 bits per heavy atom. The second-order valence-electron chi connectivity index (χ2n) is 8.99. The van der Waals surface area contributed by atoms with Gasteiger partial charge in [0.1, 0.15) is 19.0 Å². The lowest BCUT2D eigenvalue weighted by atomic mass is 10.2. The Labute approximate surface area is 259 Å². The fourth-order valence-electron chi connectivity index (χ4n) is 3.22. The minimum Gasteiger partial charge on any atom is -0.493 e. The lowest BCUT2D eigenvalue weighted by molar-refractivity contribution is -0.143. The number of carboxylic acid groups (broad SMARTS) is 2. The molecule has 17 nitrogen and oxygen atoms in total. The first-order chi connectivity index (χ1) is 21.6. The molecule has 4 N–H and O–H groups in total. The van der Waals surface area contributed by atoms with Gasteiger partial charge in [0.25, 0.3) is 15.9 Å². The van der Waals surface area contributed by atoms with Crippen molar-refractivity contribution >= 4 is 39.6 Å². The number of Topliss-reactive ketones (excluding diaryl/α,β-unsaturated/α-hetero) is 1. The van der Waals surface area contributed by atoms with Crippen molar-refractivity contribution in [3.63, 3.8) is 0 Å². The van der Waals surface area contributed by atoms with E-state index in [-0.39, 0.29) is 94.4 Å². The molecule has 1 amide bonds. The molecule has 2 rings (SSSR count). The number of anilines is 1. The summed E-state index contributed by atoms with van der Waals surface area (Å²) in [5.41, 5.74) is 0.0968. The summed E-state index contributed by atoms with van der Waals surface area (Å²) in [6, 6.07) is 5.33. The van der Waals surface area contributed by atoms with Crippen LogP contribution in [0.25, 0.3) is 0 Å². The first-order valence-electron chi connectivity index (χ1n) is 13.7. The summed E-state index contributed by atoms with van der Waals surface area (Å²) < 4.78 is 53.3. The molecule has 0 fully saturated rings. The maximum atomic E-state index is 12.6. The number of carboxylic acids is 2. The number of aromatic nitrogens is 2. The van der Waals surface area contributed by atoms with E-state index in [1.807, 2.05) is 0 Å². The van der Waals surface area contributed by atoms with Crippen LogP contribution in [0.2, 0.25) is 0 Å². The zero-order chi connectivity index (χ0) is 32.9. The molecule has 0 aliphatic heterocycles.